The maximum atomic E-state index is 12.3. The molecular weight excluding hydrogens is 394 g/mol. The maximum absolute atomic E-state index is 12.3. The van der Waals surface area contributed by atoms with Gasteiger partial charge in [0.05, 0.1) is 0 Å². The molecule has 8 heteroatoms. The Balaban J connectivity index is 1.13. The molecule has 0 bridgehead atoms. The fraction of sp³-hybridized carbons (Fsp3) is 0.304. The van der Waals surface area contributed by atoms with Crippen LogP contribution in [0.3, 0.4) is 0 Å². The van der Waals surface area contributed by atoms with E-state index in [1.165, 1.54) is 12.8 Å². The SMILES string of the molecule is O=C(COc1cccc(NC(=O)C2CC2)c1)Nc1ccc(-c2n[nH]c(C3CC3)n2)cc1. The number of nitrogens with zero attached hydrogens (tertiary/aromatic N) is 2. The summed E-state index contributed by atoms with van der Waals surface area (Å²) in [6, 6.07) is 14.4. The van der Waals surface area contributed by atoms with Gasteiger partial charge >= 0.3 is 0 Å². The number of hydrogen-bond acceptors (Lipinski definition) is 5. The first kappa shape index (κ1) is 19.3. The van der Waals surface area contributed by atoms with Crippen LogP contribution in [0.2, 0.25) is 0 Å². The summed E-state index contributed by atoms with van der Waals surface area (Å²) < 4.78 is 5.57. The van der Waals surface area contributed by atoms with E-state index >= 15 is 0 Å². The van der Waals surface area contributed by atoms with E-state index in [1.807, 2.05) is 24.3 Å². The second kappa shape index (κ2) is 8.22. The van der Waals surface area contributed by atoms with E-state index in [0.29, 0.717) is 28.9 Å². The quantitative estimate of drug-likeness (QED) is 0.518. The van der Waals surface area contributed by atoms with E-state index < -0.39 is 0 Å². The van der Waals surface area contributed by atoms with Gasteiger partial charge in [-0.3, -0.25) is 14.7 Å². The minimum Gasteiger partial charge on any atom is -0.484 e. The van der Waals surface area contributed by atoms with Crippen LogP contribution in [0.25, 0.3) is 11.4 Å². The fourth-order valence-electron chi connectivity index (χ4n) is 3.24. The number of rotatable bonds is 8. The second-order valence-electron chi connectivity index (χ2n) is 8.02. The number of carbonyl (C=O) groups excluding carboxylic acids is 2. The number of hydrogen-bond donors (Lipinski definition) is 3. The first-order valence-electron chi connectivity index (χ1n) is 10.5. The topological polar surface area (TPSA) is 109 Å². The number of amides is 2. The average Bonchev–Trinajstić information content (AvgIpc) is 3.71. The number of ether oxygens (including phenoxy) is 1. The molecule has 2 aliphatic rings. The Hall–Kier alpha value is -3.68. The largest absolute Gasteiger partial charge is 0.484 e. The molecule has 1 heterocycles. The molecule has 1 aromatic heterocycles. The predicted molar refractivity (Wildman–Crippen MR) is 116 cm³/mol. The summed E-state index contributed by atoms with van der Waals surface area (Å²) in [4.78, 5) is 28.7. The molecule has 0 saturated heterocycles. The average molecular weight is 417 g/mol. The molecule has 3 aromatic rings. The second-order valence-corrected chi connectivity index (χ2v) is 8.02. The van der Waals surface area contributed by atoms with Crippen molar-refractivity contribution in [3.8, 4) is 17.1 Å². The number of benzene rings is 2. The van der Waals surface area contributed by atoms with Gasteiger partial charge in [-0.2, -0.15) is 5.10 Å². The molecule has 2 saturated carbocycles. The van der Waals surface area contributed by atoms with Gasteiger partial charge in [0, 0.05) is 34.8 Å². The highest BCUT2D eigenvalue weighted by atomic mass is 16.5. The van der Waals surface area contributed by atoms with Crippen molar-refractivity contribution in [1.82, 2.24) is 15.2 Å². The number of aromatic amines is 1. The van der Waals surface area contributed by atoms with Gasteiger partial charge in [-0.1, -0.05) is 6.07 Å². The molecular formula is C23H23N5O3. The van der Waals surface area contributed by atoms with Crippen molar-refractivity contribution >= 4 is 23.2 Å². The van der Waals surface area contributed by atoms with Crippen LogP contribution in [0.4, 0.5) is 11.4 Å². The Kier molecular flexibility index (Phi) is 5.11. The third kappa shape index (κ3) is 4.91. The van der Waals surface area contributed by atoms with Crippen LogP contribution in [0.1, 0.15) is 37.4 Å². The van der Waals surface area contributed by atoms with Gasteiger partial charge in [0.25, 0.3) is 5.91 Å². The Labute approximate surface area is 179 Å². The summed E-state index contributed by atoms with van der Waals surface area (Å²) in [7, 11) is 0. The van der Waals surface area contributed by atoms with Crippen molar-refractivity contribution in [3.63, 3.8) is 0 Å². The molecule has 2 fully saturated rings. The van der Waals surface area contributed by atoms with Crippen LogP contribution >= 0.6 is 0 Å². The highest BCUT2D eigenvalue weighted by molar-refractivity contribution is 5.94. The minimum absolute atomic E-state index is 0.0344. The van der Waals surface area contributed by atoms with Gasteiger partial charge in [0.2, 0.25) is 5.91 Å². The first-order chi connectivity index (χ1) is 15.1. The Bertz CT molecular complexity index is 1100. The summed E-state index contributed by atoms with van der Waals surface area (Å²) in [5, 5.41) is 12.9. The molecule has 2 amide bonds. The summed E-state index contributed by atoms with van der Waals surface area (Å²) in [5.74, 6) is 2.55. The Morgan fingerprint density at radius 1 is 1.00 bits per heavy atom. The third-order valence-electron chi connectivity index (χ3n) is 5.31. The fourth-order valence-corrected chi connectivity index (χ4v) is 3.24. The monoisotopic (exact) mass is 417 g/mol. The molecule has 8 nitrogen and oxygen atoms in total. The molecule has 0 spiro atoms. The van der Waals surface area contributed by atoms with E-state index in [2.05, 4.69) is 25.8 Å². The molecule has 0 atom stereocenters. The van der Waals surface area contributed by atoms with Gasteiger partial charge in [0.1, 0.15) is 11.6 Å². The molecule has 158 valence electrons. The molecule has 0 radical (unpaired) electrons. The number of aromatic nitrogens is 3. The van der Waals surface area contributed by atoms with Gasteiger partial charge < -0.3 is 15.4 Å². The lowest BCUT2D eigenvalue weighted by Gasteiger charge is -2.10. The summed E-state index contributed by atoms with van der Waals surface area (Å²) in [6.45, 7) is -0.132. The number of carbonyl (C=O) groups is 2. The van der Waals surface area contributed by atoms with Gasteiger partial charge in [-0.05, 0) is 62.1 Å². The lowest BCUT2D eigenvalue weighted by molar-refractivity contribution is -0.118. The Morgan fingerprint density at radius 2 is 1.81 bits per heavy atom. The van der Waals surface area contributed by atoms with Crippen molar-refractivity contribution in [2.45, 2.75) is 31.6 Å². The minimum atomic E-state index is -0.269. The standard InChI is InChI=1S/C23H23N5O3/c29-20(13-31-19-3-1-2-18(12-19)25-23(30)16-6-7-16)24-17-10-8-15(9-11-17)22-26-21(27-28-22)14-4-5-14/h1-3,8-12,14,16H,4-7,13H2,(H,24,29)(H,25,30)(H,26,27,28). The van der Waals surface area contributed by atoms with Crippen LogP contribution < -0.4 is 15.4 Å². The van der Waals surface area contributed by atoms with Crippen molar-refractivity contribution in [2.75, 3.05) is 17.2 Å². The number of anilines is 2. The van der Waals surface area contributed by atoms with Crippen LogP contribution in [0.5, 0.6) is 5.75 Å². The van der Waals surface area contributed by atoms with Gasteiger partial charge in [-0.15, -0.1) is 0 Å². The third-order valence-corrected chi connectivity index (χ3v) is 5.31. The van der Waals surface area contributed by atoms with Crippen LogP contribution in [-0.2, 0) is 9.59 Å². The van der Waals surface area contributed by atoms with E-state index in [1.54, 1.807) is 24.3 Å². The molecule has 5 rings (SSSR count). The van der Waals surface area contributed by atoms with E-state index in [0.717, 1.165) is 24.2 Å². The number of H-pyrrole nitrogens is 1. The molecule has 2 aliphatic carbocycles. The zero-order chi connectivity index (χ0) is 21.2. The van der Waals surface area contributed by atoms with Crippen molar-refractivity contribution < 1.29 is 14.3 Å². The maximum Gasteiger partial charge on any atom is 0.262 e. The summed E-state index contributed by atoms with van der Waals surface area (Å²) >= 11 is 0. The normalized spacial score (nSPS) is 15.4. The molecule has 0 unspecified atom stereocenters. The van der Waals surface area contributed by atoms with Gasteiger partial charge in [-0.25, -0.2) is 4.98 Å². The molecule has 0 aliphatic heterocycles. The molecule has 3 N–H and O–H groups in total. The summed E-state index contributed by atoms with van der Waals surface area (Å²) in [6.07, 6.45) is 4.23. The first-order valence-corrected chi connectivity index (χ1v) is 10.5. The van der Waals surface area contributed by atoms with Gasteiger partial charge in [0.15, 0.2) is 12.4 Å². The number of nitrogens with one attached hydrogen (secondary N) is 3. The van der Waals surface area contributed by atoms with Crippen molar-refractivity contribution in [2.24, 2.45) is 5.92 Å². The zero-order valence-electron chi connectivity index (χ0n) is 16.9. The Morgan fingerprint density at radius 3 is 2.55 bits per heavy atom. The van der Waals surface area contributed by atoms with Crippen molar-refractivity contribution in [3.05, 3.63) is 54.4 Å². The van der Waals surface area contributed by atoms with Crippen molar-refractivity contribution in [1.29, 1.82) is 0 Å². The lowest BCUT2D eigenvalue weighted by atomic mass is 10.2. The van der Waals surface area contributed by atoms with Crippen LogP contribution in [0.15, 0.2) is 48.5 Å². The highest BCUT2D eigenvalue weighted by Crippen LogP contribution is 2.38. The van der Waals surface area contributed by atoms with E-state index in [9.17, 15) is 9.59 Å². The molecule has 2 aromatic carbocycles. The lowest BCUT2D eigenvalue weighted by Crippen LogP contribution is -2.20. The molecule has 31 heavy (non-hydrogen) atoms. The highest BCUT2D eigenvalue weighted by Gasteiger charge is 2.29. The smallest absolute Gasteiger partial charge is 0.262 e. The van der Waals surface area contributed by atoms with E-state index in [-0.39, 0.29) is 24.3 Å². The van der Waals surface area contributed by atoms with Crippen LogP contribution in [-0.4, -0.2) is 33.6 Å². The van der Waals surface area contributed by atoms with Crippen LogP contribution in [0, 0.1) is 5.92 Å². The predicted octanol–water partition coefficient (Wildman–Crippen LogP) is 3.72. The zero-order valence-corrected chi connectivity index (χ0v) is 16.9. The summed E-state index contributed by atoms with van der Waals surface area (Å²) in [5.41, 5.74) is 2.23. The van der Waals surface area contributed by atoms with E-state index in [4.69, 9.17) is 4.74 Å².